The molecule has 0 atom stereocenters. The Hall–Kier alpha value is -0.940. The number of methoxy groups -OCH3 is 1. The van der Waals surface area contributed by atoms with Gasteiger partial charge >= 0.3 is 5.97 Å². The number of carbonyl (C=O) groups is 1. The molecule has 1 aromatic rings. The van der Waals surface area contributed by atoms with Gasteiger partial charge in [0.2, 0.25) is 0 Å². The van der Waals surface area contributed by atoms with Gasteiger partial charge in [-0.25, -0.2) is 4.98 Å². The number of hydrogen-bond acceptors (Lipinski definition) is 5. The molecule has 0 fully saturated rings. The number of carbonyl (C=O) groups excluding carboxylic acids is 1. The van der Waals surface area contributed by atoms with E-state index >= 15 is 0 Å². The van der Waals surface area contributed by atoms with Crippen molar-refractivity contribution >= 4 is 17.3 Å². The Morgan fingerprint density at radius 2 is 2.33 bits per heavy atom. The fraction of sp³-hybridized carbons (Fsp3) is 0.600. The van der Waals surface area contributed by atoms with Crippen molar-refractivity contribution < 1.29 is 9.53 Å². The van der Waals surface area contributed by atoms with Gasteiger partial charge in [0, 0.05) is 11.1 Å². The van der Waals surface area contributed by atoms with Gasteiger partial charge < -0.3 is 4.74 Å². The zero-order valence-corrected chi connectivity index (χ0v) is 10.3. The van der Waals surface area contributed by atoms with E-state index in [2.05, 4.69) is 15.0 Å². The molecule has 0 unspecified atom stereocenters. The molecule has 84 valence electrons. The van der Waals surface area contributed by atoms with Crippen molar-refractivity contribution in [2.75, 3.05) is 13.7 Å². The Balaban J connectivity index is 2.63. The summed E-state index contributed by atoms with van der Waals surface area (Å²) in [5, 5.41) is 4.09. The fourth-order valence-corrected chi connectivity index (χ4v) is 1.93. The van der Waals surface area contributed by atoms with Crippen molar-refractivity contribution in [3.63, 3.8) is 0 Å². The first-order chi connectivity index (χ1) is 6.95. The summed E-state index contributed by atoms with van der Waals surface area (Å²) in [4.78, 5) is 16.5. The highest BCUT2D eigenvalue weighted by Crippen LogP contribution is 2.24. The third-order valence-corrected chi connectivity index (χ3v) is 3.29. The maximum atomic E-state index is 11.0. The lowest BCUT2D eigenvalue weighted by atomic mass is 10.1. The molecule has 0 aliphatic heterocycles. The normalized spacial score (nSPS) is 11.5. The summed E-state index contributed by atoms with van der Waals surface area (Å²) in [5.74, 6) is -0.267. The average Bonchev–Trinajstić information content (AvgIpc) is 2.62. The minimum Gasteiger partial charge on any atom is -0.468 e. The average molecular weight is 228 g/mol. The van der Waals surface area contributed by atoms with Crippen molar-refractivity contribution in [1.82, 2.24) is 10.3 Å². The van der Waals surface area contributed by atoms with E-state index in [1.807, 2.05) is 27.0 Å². The number of nitrogens with one attached hydrogen (secondary N) is 1. The molecule has 0 bridgehead atoms. The predicted molar refractivity (Wildman–Crippen MR) is 59.9 cm³/mol. The van der Waals surface area contributed by atoms with Crippen molar-refractivity contribution in [1.29, 1.82) is 0 Å². The minimum atomic E-state index is -0.298. The highest BCUT2D eigenvalue weighted by Gasteiger charge is 2.24. The maximum absolute atomic E-state index is 11.0. The maximum Gasteiger partial charge on any atom is 0.319 e. The van der Waals surface area contributed by atoms with Crippen molar-refractivity contribution in [3.05, 3.63) is 16.1 Å². The molecule has 1 rings (SSSR count). The molecule has 1 N–H and O–H groups in total. The largest absolute Gasteiger partial charge is 0.468 e. The molecule has 4 nitrogen and oxygen atoms in total. The predicted octanol–water partition coefficient (Wildman–Crippen LogP) is 1.45. The zero-order valence-electron chi connectivity index (χ0n) is 9.46. The monoisotopic (exact) mass is 228 g/mol. The number of aromatic nitrogens is 1. The van der Waals surface area contributed by atoms with Gasteiger partial charge in [0.1, 0.15) is 5.01 Å². The number of ether oxygens (including phenoxy) is 1. The summed E-state index contributed by atoms with van der Waals surface area (Å²) in [6.07, 6.45) is 1.83. The molecule has 0 amide bonds. The van der Waals surface area contributed by atoms with E-state index in [0.29, 0.717) is 0 Å². The topological polar surface area (TPSA) is 51.2 Å². The molecule has 1 heterocycles. The van der Waals surface area contributed by atoms with Crippen LogP contribution in [0.2, 0.25) is 0 Å². The van der Waals surface area contributed by atoms with Crippen molar-refractivity contribution in [2.24, 2.45) is 0 Å². The Kier molecular flexibility index (Phi) is 3.82. The van der Waals surface area contributed by atoms with Gasteiger partial charge in [-0.15, -0.1) is 11.3 Å². The van der Waals surface area contributed by atoms with Crippen molar-refractivity contribution in [2.45, 2.75) is 26.3 Å². The SMILES string of the molecule is COC(=O)CNC(C)(C)c1ncc(C)s1. The lowest BCUT2D eigenvalue weighted by molar-refractivity contribution is -0.139. The van der Waals surface area contributed by atoms with Crippen LogP contribution in [0.25, 0.3) is 0 Å². The van der Waals surface area contributed by atoms with Crippen LogP contribution in [0.5, 0.6) is 0 Å². The zero-order chi connectivity index (χ0) is 11.5. The molecular weight excluding hydrogens is 212 g/mol. The minimum absolute atomic E-state index is 0.197. The molecule has 0 aliphatic rings. The Morgan fingerprint density at radius 3 is 2.80 bits per heavy atom. The molecule has 0 aromatic carbocycles. The second kappa shape index (κ2) is 4.72. The number of thiazole rings is 1. The summed E-state index contributed by atoms with van der Waals surface area (Å²) < 4.78 is 4.57. The van der Waals surface area contributed by atoms with E-state index in [-0.39, 0.29) is 18.1 Å². The van der Waals surface area contributed by atoms with Gasteiger partial charge in [-0.1, -0.05) is 0 Å². The van der Waals surface area contributed by atoms with E-state index in [4.69, 9.17) is 0 Å². The first kappa shape index (κ1) is 12.1. The van der Waals surface area contributed by atoms with Gasteiger partial charge in [0.05, 0.1) is 19.2 Å². The molecule has 0 saturated heterocycles. The second-order valence-corrected chi connectivity index (χ2v) is 5.07. The van der Waals surface area contributed by atoms with Crippen LogP contribution in [0.3, 0.4) is 0 Å². The summed E-state index contributed by atoms with van der Waals surface area (Å²) in [6, 6.07) is 0. The highest BCUT2D eigenvalue weighted by atomic mass is 32.1. The molecule has 0 spiro atoms. The third-order valence-electron chi connectivity index (χ3n) is 2.06. The summed E-state index contributed by atoms with van der Waals surface area (Å²) in [6.45, 7) is 6.20. The van der Waals surface area contributed by atoms with E-state index in [9.17, 15) is 4.79 Å². The van der Waals surface area contributed by atoms with E-state index in [1.165, 1.54) is 7.11 Å². The Morgan fingerprint density at radius 1 is 1.67 bits per heavy atom. The molecule has 0 saturated carbocycles. The summed E-state index contributed by atoms with van der Waals surface area (Å²) in [7, 11) is 1.38. The Bertz CT molecular complexity index is 347. The number of nitrogens with zero attached hydrogens (tertiary/aromatic N) is 1. The van der Waals surface area contributed by atoms with Crippen LogP contribution >= 0.6 is 11.3 Å². The summed E-state index contributed by atoms with van der Waals surface area (Å²) in [5.41, 5.74) is -0.298. The van der Waals surface area contributed by atoms with Gasteiger partial charge in [-0.3, -0.25) is 10.1 Å². The smallest absolute Gasteiger partial charge is 0.319 e. The first-order valence-electron chi connectivity index (χ1n) is 4.70. The second-order valence-electron chi connectivity index (χ2n) is 3.83. The van der Waals surface area contributed by atoms with E-state index < -0.39 is 0 Å². The van der Waals surface area contributed by atoms with Gasteiger partial charge in [-0.05, 0) is 20.8 Å². The molecular formula is C10H16N2O2S. The molecule has 15 heavy (non-hydrogen) atoms. The number of esters is 1. The van der Waals surface area contributed by atoms with Crippen LogP contribution in [0, 0.1) is 6.92 Å². The van der Waals surface area contributed by atoms with Crippen LogP contribution in [0.1, 0.15) is 23.7 Å². The fourth-order valence-electron chi connectivity index (χ4n) is 1.08. The van der Waals surface area contributed by atoms with Crippen LogP contribution in [-0.4, -0.2) is 24.6 Å². The number of rotatable bonds is 4. The van der Waals surface area contributed by atoms with Crippen LogP contribution in [0.15, 0.2) is 6.20 Å². The van der Waals surface area contributed by atoms with Crippen molar-refractivity contribution in [3.8, 4) is 0 Å². The van der Waals surface area contributed by atoms with Crippen LogP contribution in [-0.2, 0) is 15.1 Å². The third kappa shape index (κ3) is 3.28. The van der Waals surface area contributed by atoms with Crippen LogP contribution in [0.4, 0.5) is 0 Å². The first-order valence-corrected chi connectivity index (χ1v) is 5.52. The highest BCUT2D eigenvalue weighted by molar-refractivity contribution is 7.11. The lowest BCUT2D eigenvalue weighted by Crippen LogP contribution is -2.40. The molecule has 0 radical (unpaired) electrons. The molecule has 0 aliphatic carbocycles. The number of aryl methyl sites for hydroxylation is 1. The quantitative estimate of drug-likeness (QED) is 0.792. The number of hydrogen-bond donors (Lipinski definition) is 1. The van der Waals surface area contributed by atoms with Crippen LogP contribution < -0.4 is 5.32 Å². The molecule has 1 aromatic heterocycles. The Labute approximate surface area is 93.7 Å². The molecule has 5 heteroatoms. The van der Waals surface area contributed by atoms with Gasteiger partial charge in [-0.2, -0.15) is 0 Å². The lowest BCUT2D eigenvalue weighted by Gasteiger charge is -2.22. The standard InChI is InChI=1S/C10H16N2O2S/c1-7-5-11-9(15-7)10(2,3)12-6-8(13)14-4/h5,12H,6H2,1-4H3. The van der Waals surface area contributed by atoms with E-state index in [0.717, 1.165) is 9.88 Å². The summed E-state index contributed by atoms with van der Waals surface area (Å²) >= 11 is 1.63. The van der Waals surface area contributed by atoms with E-state index in [1.54, 1.807) is 11.3 Å². The van der Waals surface area contributed by atoms with Gasteiger partial charge in [0.25, 0.3) is 0 Å². The van der Waals surface area contributed by atoms with Gasteiger partial charge in [0.15, 0.2) is 0 Å².